The van der Waals surface area contributed by atoms with Gasteiger partial charge in [0.05, 0.1) is 6.04 Å². The Morgan fingerprint density at radius 2 is 1.64 bits per heavy atom. The Morgan fingerprint density at radius 1 is 1.14 bits per heavy atom. The third-order valence-electron chi connectivity index (χ3n) is 2.96. The van der Waals surface area contributed by atoms with Crippen LogP contribution in [0, 0.1) is 5.41 Å². The minimum absolute atomic E-state index is 0.0726. The molecule has 0 N–H and O–H groups in total. The van der Waals surface area contributed by atoms with Gasteiger partial charge in [0.2, 0.25) is 0 Å². The molecule has 1 atom stereocenters. The van der Waals surface area contributed by atoms with E-state index in [9.17, 15) is 4.79 Å². The molecule has 1 aliphatic heterocycles. The fourth-order valence-electron chi connectivity index (χ4n) is 2.59. The molecule has 1 saturated heterocycles. The van der Waals surface area contributed by atoms with Crippen LogP contribution >= 0.6 is 0 Å². The number of Topliss-reactive ketones (excluding diaryl/α,β-unsaturated/α-hetero) is 1. The predicted molar refractivity (Wildman–Crippen MR) is 59.3 cm³/mol. The Kier molecular flexibility index (Phi) is 3.71. The largest absolute Gasteiger partial charge is 0.298 e. The molecule has 0 aromatic heterocycles. The van der Waals surface area contributed by atoms with Gasteiger partial charge in [-0.2, -0.15) is 0 Å². The minimum Gasteiger partial charge on any atom is -0.298 e. The molecule has 0 aromatic rings. The van der Waals surface area contributed by atoms with Gasteiger partial charge in [-0.1, -0.05) is 27.2 Å². The maximum Gasteiger partial charge on any atom is 0.147 e. The fraction of sp³-hybridized carbons (Fsp3) is 0.917. The van der Waals surface area contributed by atoms with Crippen molar-refractivity contribution in [2.75, 3.05) is 13.1 Å². The van der Waals surface area contributed by atoms with Crippen molar-refractivity contribution >= 4 is 5.78 Å². The molecule has 14 heavy (non-hydrogen) atoms. The highest BCUT2D eigenvalue weighted by Crippen LogP contribution is 2.27. The first kappa shape index (κ1) is 11.7. The molecule has 1 fully saturated rings. The van der Waals surface area contributed by atoms with Gasteiger partial charge in [0.1, 0.15) is 5.78 Å². The average molecular weight is 197 g/mol. The average Bonchev–Trinajstić information content (AvgIpc) is 2.02. The van der Waals surface area contributed by atoms with Gasteiger partial charge < -0.3 is 0 Å². The molecular weight excluding hydrogens is 174 g/mol. The number of piperidine rings is 1. The standard InChI is InChI=1S/C12H23NO/c1-10(14)11(12(2,3)4)13-8-6-5-7-9-13/h11H,5-9H2,1-4H3. The number of carbonyl (C=O) groups excluding carboxylic acids is 1. The van der Waals surface area contributed by atoms with E-state index in [1.807, 2.05) is 0 Å². The molecule has 0 spiro atoms. The number of carbonyl (C=O) groups is 1. The molecule has 1 rings (SSSR count). The van der Waals surface area contributed by atoms with Crippen molar-refractivity contribution in [3.63, 3.8) is 0 Å². The summed E-state index contributed by atoms with van der Waals surface area (Å²) in [5, 5.41) is 0. The van der Waals surface area contributed by atoms with Crippen LogP contribution in [-0.4, -0.2) is 29.8 Å². The van der Waals surface area contributed by atoms with Gasteiger partial charge in [-0.05, 0) is 38.3 Å². The molecule has 0 saturated carbocycles. The first-order valence-corrected chi connectivity index (χ1v) is 5.67. The molecule has 1 aliphatic rings. The van der Waals surface area contributed by atoms with Crippen molar-refractivity contribution in [3.05, 3.63) is 0 Å². The second-order valence-electron chi connectivity index (χ2n) is 5.48. The topological polar surface area (TPSA) is 20.3 Å². The molecule has 82 valence electrons. The summed E-state index contributed by atoms with van der Waals surface area (Å²) >= 11 is 0. The highest BCUT2D eigenvalue weighted by molar-refractivity contribution is 5.82. The molecule has 1 unspecified atom stereocenters. The van der Waals surface area contributed by atoms with Crippen LogP contribution in [0.4, 0.5) is 0 Å². The Bertz CT molecular complexity index is 199. The number of rotatable bonds is 2. The smallest absolute Gasteiger partial charge is 0.147 e. The summed E-state index contributed by atoms with van der Waals surface area (Å²) in [6.45, 7) is 10.4. The van der Waals surface area contributed by atoms with E-state index in [0.717, 1.165) is 13.1 Å². The van der Waals surface area contributed by atoms with E-state index in [4.69, 9.17) is 0 Å². The van der Waals surface area contributed by atoms with Gasteiger partial charge in [0.25, 0.3) is 0 Å². The van der Waals surface area contributed by atoms with Crippen molar-refractivity contribution in [1.29, 1.82) is 0 Å². The van der Waals surface area contributed by atoms with E-state index >= 15 is 0 Å². The van der Waals surface area contributed by atoms with E-state index in [1.54, 1.807) is 6.92 Å². The van der Waals surface area contributed by atoms with Crippen molar-refractivity contribution in [1.82, 2.24) is 4.90 Å². The third-order valence-corrected chi connectivity index (χ3v) is 2.96. The zero-order chi connectivity index (χ0) is 10.8. The Hall–Kier alpha value is -0.370. The quantitative estimate of drug-likeness (QED) is 0.678. The van der Waals surface area contributed by atoms with E-state index in [1.165, 1.54) is 19.3 Å². The Morgan fingerprint density at radius 3 is 2.00 bits per heavy atom. The van der Waals surface area contributed by atoms with Crippen LogP contribution in [0.2, 0.25) is 0 Å². The fourth-order valence-corrected chi connectivity index (χ4v) is 2.59. The van der Waals surface area contributed by atoms with Crippen LogP contribution in [0.25, 0.3) is 0 Å². The van der Waals surface area contributed by atoms with Crippen LogP contribution in [0.3, 0.4) is 0 Å². The van der Waals surface area contributed by atoms with Crippen LogP contribution < -0.4 is 0 Å². The second-order valence-corrected chi connectivity index (χ2v) is 5.48. The summed E-state index contributed by atoms with van der Waals surface area (Å²) in [7, 11) is 0. The second kappa shape index (κ2) is 4.43. The van der Waals surface area contributed by atoms with E-state index in [2.05, 4.69) is 25.7 Å². The monoisotopic (exact) mass is 197 g/mol. The maximum absolute atomic E-state index is 11.6. The van der Waals surface area contributed by atoms with Gasteiger partial charge >= 0.3 is 0 Å². The van der Waals surface area contributed by atoms with Crippen molar-refractivity contribution in [3.8, 4) is 0 Å². The Labute approximate surface area is 87.7 Å². The lowest BCUT2D eigenvalue weighted by Gasteiger charge is -2.40. The van der Waals surface area contributed by atoms with Crippen LogP contribution in [-0.2, 0) is 4.79 Å². The zero-order valence-corrected chi connectivity index (χ0v) is 9.97. The van der Waals surface area contributed by atoms with Crippen molar-refractivity contribution < 1.29 is 4.79 Å². The van der Waals surface area contributed by atoms with Gasteiger partial charge in [-0.25, -0.2) is 0 Å². The number of hydrogen-bond donors (Lipinski definition) is 0. The van der Waals surface area contributed by atoms with Crippen LogP contribution in [0.1, 0.15) is 47.0 Å². The van der Waals surface area contributed by atoms with Gasteiger partial charge in [0.15, 0.2) is 0 Å². The normalized spacial score (nSPS) is 22.0. The summed E-state index contributed by atoms with van der Waals surface area (Å²) in [6.07, 6.45) is 3.82. The summed E-state index contributed by atoms with van der Waals surface area (Å²) in [6, 6.07) is 0.114. The maximum atomic E-state index is 11.6. The summed E-state index contributed by atoms with van der Waals surface area (Å²) in [5.74, 6) is 0.319. The van der Waals surface area contributed by atoms with Gasteiger partial charge in [-0.15, -0.1) is 0 Å². The molecule has 2 nitrogen and oxygen atoms in total. The SMILES string of the molecule is CC(=O)C(N1CCCCC1)C(C)(C)C. The minimum atomic E-state index is 0.0726. The lowest BCUT2D eigenvalue weighted by Crippen LogP contribution is -2.50. The predicted octanol–water partition coefficient (Wildman–Crippen LogP) is 2.48. The Balaban J connectivity index is 2.71. The lowest BCUT2D eigenvalue weighted by molar-refractivity contribution is -0.126. The highest BCUT2D eigenvalue weighted by Gasteiger charge is 2.34. The molecule has 0 amide bonds. The molecule has 1 heterocycles. The molecule has 0 aliphatic carbocycles. The van der Waals surface area contributed by atoms with Crippen molar-refractivity contribution in [2.24, 2.45) is 5.41 Å². The first-order chi connectivity index (χ1) is 6.43. The van der Waals surface area contributed by atoms with E-state index < -0.39 is 0 Å². The molecule has 0 bridgehead atoms. The van der Waals surface area contributed by atoms with Crippen LogP contribution in [0.5, 0.6) is 0 Å². The molecule has 0 radical (unpaired) electrons. The third kappa shape index (κ3) is 2.81. The van der Waals surface area contributed by atoms with E-state index in [-0.39, 0.29) is 11.5 Å². The van der Waals surface area contributed by atoms with Gasteiger partial charge in [0, 0.05) is 0 Å². The molecular formula is C12H23NO. The van der Waals surface area contributed by atoms with Crippen LogP contribution in [0.15, 0.2) is 0 Å². The van der Waals surface area contributed by atoms with Crippen molar-refractivity contribution in [2.45, 2.75) is 53.0 Å². The summed E-state index contributed by atoms with van der Waals surface area (Å²) < 4.78 is 0. The number of ketones is 1. The van der Waals surface area contributed by atoms with E-state index in [0.29, 0.717) is 5.78 Å². The highest BCUT2D eigenvalue weighted by atomic mass is 16.1. The summed E-state index contributed by atoms with van der Waals surface area (Å²) in [4.78, 5) is 14.0. The lowest BCUT2D eigenvalue weighted by atomic mass is 9.82. The molecule has 0 aromatic carbocycles. The zero-order valence-electron chi connectivity index (χ0n) is 9.97. The number of likely N-dealkylation sites (tertiary alicyclic amines) is 1. The molecule has 2 heteroatoms. The number of nitrogens with zero attached hydrogens (tertiary/aromatic N) is 1. The summed E-state index contributed by atoms with van der Waals surface area (Å²) in [5.41, 5.74) is 0.0726. The number of hydrogen-bond acceptors (Lipinski definition) is 2. The van der Waals surface area contributed by atoms with Gasteiger partial charge in [-0.3, -0.25) is 9.69 Å². The first-order valence-electron chi connectivity index (χ1n) is 5.67.